The van der Waals surface area contributed by atoms with E-state index >= 15 is 0 Å². The second kappa shape index (κ2) is 10.1. The first kappa shape index (κ1) is 23.1. The van der Waals surface area contributed by atoms with E-state index in [-0.39, 0.29) is 5.41 Å². The fraction of sp³-hybridized carbons (Fsp3) is 0.333. The molecule has 3 N–H and O–H groups in total. The fourth-order valence-corrected chi connectivity index (χ4v) is 4.30. The standard InChI is InChI=1S/C27H34N2OS/c1-19(2)24-17-23(18-25(26(24)30)27(3,4)5)31-16-15-28-20-11-13-22(14-12-20)29-21-9-7-6-8-10-21/h6-14,17-19,28-30H,15-16H2,1-5H3. The van der Waals surface area contributed by atoms with Gasteiger partial charge in [-0.1, -0.05) is 52.8 Å². The van der Waals surface area contributed by atoms with E-state index in [2.05, 4.69) is 93.8 Å². The Bertz CT molecular complexity index is 977. The van der Waals surface area contributed by atoms with E-state index in [9.17, 15) is 5.11 Å². The van der Waals surface area contributed by atoms with Gasteiger partial charge in [0.1, 0.15) is 5.75 Å². The van der Waals surface area contributed by atoms with Crippen molar-refractivity contribution >= 4 is 28.8 Å². The van der Waals surface area contributed by atoms with E-state index < -0.39 is 0 Å². The molecule has 164 valence electrons. The largest absolute Gasteiger partial charge is 0.507 e. The number of para-hydroxylation sites is 1. The summed E-state index contributed by atoms with van der Waals surface area (Å²) in [6, 6.07) is 22.9. The Morgan fingerprint density at radius 1 is 0.871 bits per heavy atom. The maximum absolute atomic E-state index is 10.7. The molecule has 0 saturated heterocycles. The third kappa shape index (κ3) is 6.44. The molecule has 0 atom stereocenters. The van der Waals surface area contributed by atoms with Crippen molar-refractivity contribution in [3.8, 4) is 5.75 Å². The summed E-state index contributed by atoms with van der Waals surface area (Å²) in [7, 11) is 0. The van der Waals surface area contributed by atoms with Gasteiger partial charge in [-0.25, -0.2) is 0 Å². The highest BCUT2D eigenvalue weighted by molar-refractivity contribution is 7.99. The highest BCUT2D eigenvalue weighted by Crippen LogP contribution is 2.39. The molecule has 0 saturated carbocycles. The molecular formula is C27H34N2OS. The molecule has 3 rings (SSSR count). The summed E-state index contributed by atoms with van der Waals surface area (Å²) in [5, 5.41) is 17.6. The number of aromatic hydroxyl groups is 1. The molecule has 31 heavy (non-hydrogen) atoms. The first-order valence-electron chi connectivity index (χ1n) is 10.9. The van der Waals surface area contributed by atoms with Crippen LogP contribution in [-0.2, 0) is 5.41 Å². The van der Waals surface area contributed by atoms with E-state index in [1.165, 1.54) is 4.90 Å². The summed E-state index contributed by atoms with van der Waals surface area (Å²) in [5.74, 6) is 1.70. The number of thioether (sulfide) groups is 1. The number of rotatable bonds is 8. The number of hydrogen-bond acceptors (Lipinski definition) is 4. The molecule has 0 aliphatic heterocycles. The smallest absolute Gasteiger partial charge is 0.122 e. The Hall–Kier alpha value is -2.59. The Morgan fingerprint density at radius 2 is 1.48 bits per heavy atom. The maximum Gasteiger partial charge on any atom is 0.122 e. The third-order valence-corrected chi connectivity index (χ3v) is 6.17. The minimum absolute atomic E-state index is 0.0852. The highest BCUT2D eigenvalue weighted by atomic mass is 32.2. The minimum atomic E-state index is -0.0852. The predicted molar refractivity (Wildman–Crippen MR) is 136 cm³/mol. The average Bonchev–Trinajstić information content (AvgIpc) is 2.73. The third-order valence-electron chi connectivity index (χ3n) is 5.19. The van der Waals surface area contributed by atoms with Crippen molar-refractivity contribution in [3.05, 3.63) is 77.9 Å². The van der Waals surface area contributed by atoms with Crippen LogP contribution in [0.2, 0.25) is 0 Å². The van der Waals surface area contributed by atoms with E-state index in [1.54, 1.807) is 0 Å². The van der Waals surface area contributed by atoms with Crippen molar-refractivity contribution in [2.24, 2.45) is 0 Å². The molecule has 3 aromatic carbocycles. The predicted octanol–water partition coefficient (Wildman–Crippen LogP) is 7.76. The van der Waals surface area contributed by atoms with Crippen molar-refractivity contribution in [1.82, 2.24) is 0 Å². The molecule has 0 heterocycles. The summed E-state index contributed by atoms with van der Waals surface area (Å²) >= 11 is 1.83. The molecule has 0 spiro atoms. The lowest BCUT2D eigenvalue weighted by atomic mass is 9.84. The van der Waals surface area contributed by atoms with E-state index in [0.717, 1.165) is 40.5 Å². The monoisotopic (exact) mass is 434 g/mol. The summed E-state index contributed by atoms with van der Waals surface area (Å²) in [4.78, 5) is 1.22. The quantitative estimate of drug-likeness (QED) is 0.250. The zero-order chi connectivity index (χ0) is 22.4. The fourth-order valence-electron chi connectivity index (χ4n) is 3.45. The number of phenols is 1. The van der Waals surface area contributed by atoms with E-state index in [4.69, 9.17) is 0 Å². The van der Waals surface area contributed by atoms with Crippen LogP contribution in [0, 0.1) is 0 Å². The molecule has 0 aromatic heterocycles. The zero-order valence-electron chi connectivity index (χ0n) is 19.2. The maximum atomic E-state index is 10.7. The normalized spacial score (nSPS) is 11.5. The van der Waals surface area contributed by atoms with Crippen molar-refractivity contribution in [3.63, 3.8) is 0 Å². The molecule has 0 aliphatic rings. The van der Waals surface area contributed by atoms with Crippen LogP contribution in [0.5, 0.6) is 5.75 Å². The van der Waals surface area contributed by atoms with Gasteiger partial charge < -0.3 is 15.7 Å². The lowest BCUT2D eigenvalue weighted by molar-refractivity contribution is 0.436. The van der Waals surface area contributed by atoms with Crippen LogP contribution in [0.25, 0.3) is 0 Å². The van der Waals surface area contributed by atoms with Gasteiger partial charge >= 0.3 is 0 Å². The number of hydrogen-bond donors (Lipinski definition) is 3. The molecule has 0 amide bonds. The first-order chi connectivity index (χ1) is 14.7. The number of phenolic OH excluding ortho intramolecular Hbond substituents is 1. The Labute approximate surface area is 191 Å². The van der Waals surface area contributed by atoms with Gasteiger partial charge in [-0.2, -0.15) is 0 Å². The molecule has 0 aliphatic carbocycles. The first-order valence-corrected chi connectivity index (χ1v) is 11.9. The average molecular weight is 435 g/mol. The van der Waals surface area contributed by atoms with Gasteiger partial charge in [0.2, 0.25) is 0 Å². The molecule has 0 bridgehead atoms. The summed E-state index contributed by atoms with van der Waals surface area (Å²) in [6.45, 7) is 11.6. The van der Waals surface area contributed by atoms with E-state index in [0.29, 0.717) is 11.7 Å². The van der Waals surface area contributed by atoms with Crippen molar-refractivity contribution in [2.45, 2.75) is 50.8 Å². The van der Waals surface area contributed by atoms with Crippen LogP contribution < -0.4 is 10.6 Å². The Morgan fingerprint density at radius 3 is 2.10 bits per heavy atom. The molecule has 4 heteroatoms. The topological polar surface area (TPSA) is 44.3 Å². The van der Waals surface area contributed by atoms with Crippen LogP contribution in [0.15, 0.2) is 71.6 Å². The van der Waals surface area contributed by atoms with Gasteiger partial charge in [-0.3, -0.25) is 0 Å². The van der Waals surface area contributed by atoms with Crippen LogP contribution in [0.4, 0.5) is 17.1 Å². The number of anilines is 3. The molecule has 3 aromatic rings. The van der Waals surface area contributed by atoms with Gasteiger partial charge in [-0.15, -0.1) is 11.8 Å². The number of benzene rings is 3. The van der Waals surface area contributed by atoms with Gasteiger partial charge in [0.05, 0.1) is 0 Å². The van der Waals surface area contributed by atoms with Gasteiger partial charge in [0, 0.05) is 39.8 Å². The van der Waals surface area contributed by atoms with Gasteiger partial charge in [0.25, 0.3) is 0 Å². The SMILES string of the molecule is CC(C)c1cc(SCCNc2ccc(Nc3ccccc3)cc2)cc(C(C)(C)C)c1O. The Kier molecular flexibility index (Phi) is 7.55. The summed E-state index contributed by atoms with van der Waals surface area (Å²) in [5.41, 5.74) is 5.25. The van der Waals surface area contributed by atoms with E-state index in [1.807, 2.05) is 30.0 Å². The molecular weight excluding hydrogens is 400 g/mol. The molecule has 0 fully saturated rings. The van der Waals surface area contributed by atoms with Crippen molar-refractivity contribution < 1.29 is 5.11 Å². The summed E-state index contributed by atoms with van der Waals surface area (Å²) < 4.78 is 0. The van der Waals surface area contributed by atoms with Crippen molar-refractivity contribution in [1.29, 1.82) is 0 Å². The molecule has 3 nitrogen and oxygen atoms in total. The molecule has 0 unspecified atom stereocenters. The minimum Gasteiger partial charge on any atom is -0.507 e. The lowest BCUT2D eigenvalue weighted by Gasteiger charge is -2.24. The Balaban J connectivity index is 1.56. The second-order valence-corrected chi connectivity index (χ2v) is 10.3. The van der Waals surface area contributed by atoms with Crippen LogP contribution in [0.1, 0.15) is 51.7 Å². The van der Waals surface area contributed by atoms with Crippen LogP contribution >= 0.6 is 11.8 Å². The zero-order valence-corrected chi connectivity index (χ0v) is 20.0. The summed E-state index contributed by atoms with van der Waals surface area (Å²) in [6.07, 6.45) is 0. The van der Waals surface area contributed by atoms with Crippen molar-refractivity contribution in [2.75, 3.05) is 22.9 Å². The lowest BCUT2D eigenvalue weighted by Crippen LogP contribution is -2.13. The van der Waals surface area contributed by atoms with Crippen LogP contribution in [0.3, 0.4) is 0 Å². The number of nitrogens with one attached hydrogen (secondary N) is 2. The second-order valence-electron chi connectivity index (χ2n) is 9.16. The van der Waals surface area contributed by atoms with Gasteiger partial charge in [0.15, 0.2) is 0 Å². The molecule has 0 radical (unpaired) electrons. The van der Waals surface area contributed by atoms with Crippen LogP contribution in [-0.4, -0.2) is 17.4 Å². The highest BCUT2D eigenvalue weighted by Gasteiger charge is 2.22. The van der Waals surface area contributed by atoms with Gasteiger partial charge in [-0.05, 0) is 65.4 Å².